The summed E-state index contributed by atoms with van der Waals surface area (Å²) >= 11 is 1.87. The Balaban J connectivity index is 2.23. The van der Waals surface area contributed by atoms with Gasteiger partial charge in [-0.15, -0.1) is 11.3 Å². The van der Waals surface area contributed by atoms with Gasteiger partial charge in [0.1, 0.15) is 0 Å². The highest BCUT2D eigenvalue weighted by Gasteiger charge is 2.13. The summed E-state index contributed by atoms with van der Waals surface area (Å²) in [5, 5.41) is 1.33. The molecule has 0 amide bonds. The molecule has 0 saturated heterocycles. The predicted octanol–water partition coefficient (Wildman–Crippen LogP) is 4.98. The Hall–Kier alpha value is -0.890. The van der Waals surface area contributed by atoms with Crippen molar-refractivity contribution in [3.05, 3.63) is 29.3 Å². The van der Waals surface area contributed by atoms with E-state index in [9.17, 15) is 0 Å². The maximum Gasteiger partial charge on any atom is 0.0969 e. The first-order valence-electron chi connectivity index (χ1n) is 6.20. The molecular formula is C14H19NS. The molecule has 1 aromatic carbocycles. The SMILES string of the molecule is CCCC[C@H](CC)c1nc2ccccc2s1. The molecule has 0 bridgehead atoms. The van der Waals surface area contributed by atoms with Crippen molar-refractivity contribution in [3.63, 3.8) is 0 Å². The second kappa shape index (κ2) is 5.44. The van der Waals surface area contributed by atoms with Gasteiger partial charge in [0, 0.05) is 5.92 Å². The van der Waals surface area contributed by atoms with Gasteiger partial charge in [0.2, 0.25) is 0 Å². The molecule has 0 aliphatic carbocycles. The molecule has 0 radical (unpaired) electrons. The normalized spacial score (nSPS) is 13.1. The van der Waals surface area contributed by atoms with Crippen LogP contribution in [0.15, 0.2) is 24.3 Å². The second-order valence-corrected chi connectivity index (χ2v) is 5.33. The van der Waals surface area contributed by atoms with E-state index in [0.29, 0.717) is 5.92 Å². The fourth-order valence-electron chi connectivity index (χ4n) is 2.02. The van der Waals surface area contributed by atoms with Crippen LogP contribution in [0.5, 0.6) is 0 Å². The number of hydrogen-bond acceptors (Lipinski definition) is 2. The third kappa shape index (κ3) is 2.43. The van der Waals surface area contributed by atoms with Crippen molar-refractivity contribution in [3.8, 4) is 0 Å². The molecular weight excluding hydrogens is 214 g/mol. The summed E-state index contributed by atoms with van der Waals surface area (Å²) in [6, 6.07) is 8.45. The summed E-state index contributed by atoms with van der Waals surface area (Å²) in [6.07, 6.45) is 5.09. The van der Waals surface area contributed by atoms with E-state index in [1.165, 1.54) is 35.4 Å². The lowest BCUT2D eigenvalue weighted by Gasteiger charge is -2.10. The van der Waals surface area contributed by atoms with Crippen LogP contribution in [0.1, 0.15) is 50.5 Å². The van der Waals surface area contributed by atoms with Crippen molar-refractivity contribution < 1.29 is 0 Å². The number of benzene rings is 1. The molecule has 0 aliphatic rings. The number of aromatic nitrogens is 1. The van der Waals surface area contributed by atoms with Crippen LogP contribution < -0.4 is 0 Å². The zero-order valence-corrected chi connectivity index (χ0v) is 10.9. The van der Waals surface area contributed by atoms with E-state index < -0.39 is 0 Å². The smallest absolute Gasteiger partial charge is 0.0969 e. The summed E-state index contributed by atoms with van der Waals surface area (Å²) < 4.78 is 1.33. The molecule has 0 fully saturated rings. The molecule has 1 atom stereocenters. The minimum atomic E-state index is 0.664. The third-order valence-electron chi connectivity index (χ3n) is 3.06. The van der Waals surface area contributed by atoms with Crippen molar-refractivity contribution in [2.45, 2.75) is 45.4 Å². The maximum atomic E-state index is 4.76. The Bertz CT molecular complexity index is 414. The van der Waals surface area contributed by atoms with E-state index in [1.54, 1.807) is 0 Å². The van der Waals surface area contributed by atoms with Gasteiger partial charge >= 0.3 is 0 Å². The molecule has 16 heavy (non-hydrogen) atoms. The van der Waals surface area contributed by atoms with Gasteiger partial charge in [0.15, 0.2) is 0 Å². The Morgan fingerprint density at radius 1 is 1.25 bits per heavy atom. The van der Waals surface area contributed by atoms with Crippen molar-refractivity contribution in [1.82, 2.24) is 4.98 Å². The second-order valence-electron chi connectivity index (χ2n) is 4.27. The van der Waals surface area contributed by atoms with Crippen LogP contribution in [0.4, 0.5) is 0 Å². The van der Waals surface area contributed by atoms with Crippen molar-refractivity contribution >= 4 is 21.6 Å². The standard InChI is InChI=1S/C14H19NS/c1-3-5-8-11(4-2)14-15-12-9-6-7-10-13(12)16-14/h6-7,9-11H,3-5,8H2,1-2H3/t11-/m0/s1. The fraction of sp³-hybridized carbons (Fsp3) is 0.500. The van der Waals surface area contributed by atoms with E-state index in [-0.39, 0.29) is 0 Å². The van der Waals surface area contributed by atoms with Gasteiger partial charge in [0.05, 0.1) is 15.2 Å². The van der Waals surface area contributed by atoms with Gasteiger partial charge in [-0.2, -0.15) is 0 Å². The largest absolute Gasteiger partial charge is 0.241 e. The van der Waals surface area contributed by atoms with Crippen LogP contribution in [0.3, 0.4) is 0 Å². The van der Waals surface area contributed by atoms with Crippen molar-refractivity contribution in [1.29, 1.82) is 0 Å². The van der Waals surface area contributed by atoms with Gasteiger partial charge in [-0.25, -0.2) is 4.98 Å². The molecule has 0 spiro atoms. The fourth-order valence-corrected chi connectivity index (χ4v) is 3.20. The van der Waals surface area contributed by atoms with Gasteiger partial charge in [-0.05, 0) is 25.0 Å². The maximum absolute atomic E-state index is 4.76. The van der Waals surface area contributed by atoms with Crippen LogP contribution in [-0.2, 0) is 0 Å². The molecule has 0 aliphatic heterocycles. The summed E-state index contributed by atoms with van der Waals surface area (Å²) in [5.74, 6) is 0.664. The average molecular weight is 233 g/mol. The first-order chi connectivity index (χ1) is 7.85. The minimum Gasteiger partial charge on any atom is -0.241 e. The first-order valence-corrected chi connectivity index (χ1v) is 7.02. The Morgan fingerprint density at radius 3 is 2.75 bits per heavy atom. The number of thiazole rings is 1. The van der Waals surface area contributed by atoms with Crippen molar-refractivity contribution in [2.24, 2.45) is 0 Å². The summed E-state index contributed by atoms with van der Waals surface area (Å²) in [7, 11) is 0. The number of hydrogen-bond donors (Lipinski definition) is 0. The van der Waals surface area contributed by atoms with Crippen LogP contribution >= 0.6 is 11.3 Å². The van der Waals surface area contributed by atoms with E-state index >= 15 is 0 Å². The number of unbranched alkanes of at least 4 members (excludes halogenated alkanes) is 1. The number of fused-ring (bicyclic) bond motifs is 1. The third-order valence-corrected chi connectivity index (χ3v) is 4.26. The average Bonchev–Trinajstić information content (AvgIpc) is 2.73. The first kappa shape index (κ1) is 11.6. The summed E-state index contributed by atoms with van der Waals surface area (Å²) in [5.41, 5.74) is 1.16. The van der Waals surface area contributed by atoms with Gasteiger partial charge in [-0.3, -0.25) is 0 Å². The molecule has 2 aromatic rings. The zero-order chi connectivity index (χ0) is 11.4. The number of rotatable bonds is 5. The van der Waals surface area contributed by atoms with E-state index in [4.69, 9.17) is 4.98 Å². The molecule has 1 heterocycles. The topological polar surface area (TPSA) is 12.9 Å². The van der Waals surface area contributed by atoms with Gasteiger partial charge < -0.3 is 0 Å². The summed E-state index contributed by atoms with van der Waals surface area (Å²) in [4.78, 5) is 4.76. The highest BCUT2D eigenvalue weighted by atomic mass is 32.1. The minimum absolute atomic E-state index is 0.664. The van der Waals surface area contributed by atoms with E-state index in [2.05, 4.69) is 38.1 Å². The molecule has 1 aromatic heterocycles. The van der Waals surface area contributed by atoms with Crippen LogP contribution in [0.2, 0.25) is 0 Å². The highest BCUT2D eigenvalue weighted by Crippen LogP contribution is 2.32. The van der Waals surface area contributed by atoms with Gasteiger partial charge in [-0.1, -0.05) is 38.8 Å². The van der Waals surface area contributed by atoms with Gasteiger partial charge in [0.25, 0.3) is 0 Å². The lowest BCUT2D eigenvalue weighted by atomic mass is 10.0. The van der Waals surface area contributed by atoms with E-state index in [1.807, 2.05) is 11.3 Å². The van der Waals surface area contributed by atoms with E-state index in [0.717, 1.165) is 5.52 Å². The summed E-state index contributed by atoms with van der Waals surface area (Å²) in [6.45, 7) is 4.53. The lowest BCUT2D eigenvalue weighted by molar-refractivity contribution is 0.568. The number of para-hydroxylation sites is 1. The monoisotopic (exact) mass is 233 g/mol. The lowest BCUT2D eigenvalue weighted by Crippen LogP contribution is -1.96. The van der Waals surface area contributed by atoms with Crippen molar-refractivity contribution in [2.75, 3.05) is 0 Å². The molecule has 0 unspecified atom stereocenters. The Labute approximate surface area is 102 Å². The Morgan fingerprint density at radius 2 is 2.06 bits per heavy atom. The molecule has 1 nitrogen and oxygen atoms in total. The quantitative estimate of drug-likeness (QED) is 0.709. The van der Waals surface area contributed by atoms with Crippen LogP contribution in [0.25, 0.3) is 10.2 Å². The van der Waals surface area contributed by atoms with Crippen LogP contribution in [-0.4, -0.2) is 4.98 Å². The molecule has 2 rings (SSSR count). The highest BCUT2D eigenvalue weighted by molar-refractivity contribution is 7.18. The molecule has 86 valence electrons. The van der Waals surface area contributed by atoms with Crippen LogP contribution in [0, 0.1) is 0 Å². The zero-order valence-electron chi connectivity index (χ0n) is 10.1. The molecule has 2 heteroatoms. The Kier molecular flexibility index (Phi) is 3.94. The molecule has 0 N–H and O–H groups in total. The predicted molar refractivity (Wildman–Crippen MR) is 72.2 cm³/mol. The molecule has 0 saturated carbocycles. The number of nitrogens with zero attached hydrogens (tertiary/aromatic N) is 1.